The normalized spacial score (nSPS) is 13.5. The molecular formula is C11H17BrMgO2. The Labute approximate surface area is 119 Å². The molecule has 0 spiro atoms. The van der Waals surface area contributed by atoms with Gasteiger partial charge in [-0.2, -0.15) is 0 Å². The molecule has 1 aromatic rings. The Morgan fingerprint density at radius 2 is 1.87 bits per heavy atom. The third kappa shape index (κ3) is 6.40. The first-order chi connectivity index (χ1) is 6.84. The van der Waals surface area contributed by atoms with E-state index >= 15 is 0 Å². The number of halogens is 1. The van der Waals surface area contributed by atoms with Gasteiger partial charge in [-0.15, -0.1) is 0 Å². The van der Waals surface area contributed by atoms with Crippen LogP contribution in [0.2, 0.25) is 0 Å². The molecule has 15 heavy (non-hydrogen) atoms. The first-order valence-electron chi connectivity index (χ1n) is 4.71. The number of benzene rings is 1. The Morgan fingerprint density at radius 3 is 2.20 bits per heavy atom. The standard InChI is InChI=1S/C7H7BrO.C4H8O.Mg.2H/c1-9-7-5-3-2-4-6(7)8;1-2-4-5-3-1;;;/h2-5H,1H3;1-4H2;;;/q;;+2;2*-1. The second kappa shape index (κ2) is 9.45. The van der Waals surface area contributed by atoms with E-state index in [0.717, 1.165) is 23.4 Å². The third-order valence-electron chi connectivity index (χ3n) is 1.88. The van der Waals surface area contributed by atoms with Gasteiger partial charge in [0.2, 0.25) is 0 Å². The number of hydrogen-bond acceptors (Lipinski definition) is 2. The smallest absolute Gasteiger partial charge is 1.00 e. The Kier molecular flexibility index (Phi) is 9.59. The summed E-state index contributed by atoms with van der Waals surface area (Å²) >= 11 is 3.33. The van der Waals surface area contributed by atoms with Gasteiger partial charge in [-0.3, -0.25) is 0 Å². The zero-order chi connectivity index (χ0) is 10.2. The average molecular weight is 285 g/mol. The average Bonchev–Trinajstić information content (AvgIpc) is 2.76. The van der Waals surface area contributed by atoms with Crippen molar-refractivity contribution >= 4 is 39.0 Å². The summed E-state index contributed by atoms with van der Waals surface area (Å²) in [6, 6.07) is 7.74. The maximum absolute atomic E-state index is 5.00. The van der Waals surface area contributed by atoms with Gasteiger partial charge in [-0.1, -0.05) is 12.1 Å². The maximum Gasteiger partial charge on any atom is 2.00 e. The van der Waals surface area contributed by atoms with Gasteiger partial charge in [-0.05, 0) is 40.9 Å². The van der Waals surface area contributed by atoms with Crippen LogP contribution in [0.15, 0.2) is 28.7 Å². The molecule has 0 bridgehead atoms. The molecule has 2 nitrogen and oxygen atoms in total. The summed E-state index contributed by atoms with van der Waals surface area (Å²) < 4.78 is 10.9. The third-order valence-corrected chi connectivity index (χ3v) is 2.54. The van der Waals surface area contributed by atoms with Gasteiger partial charge in [0.1, 0.15) is 5.75 Å². The summed E-state index contributed by atoms with van der Waals surface area (Å²) in [7, 11) is 1.65. The maximum atomic E-state index is 5.00. The molecule has 0 unspecified atom stereocenters. The first-order valence-corrected chi connectivity index (χ1v) is 5.50. The van der Waals surface area contributed by atoms with Gasteiger partial charge in [0.25, 0.3) is 0 Å². The molecule has 0 aromatic heterocycles. The fourth-order valence-electron chi connectivity index (χ4n) is 1.12. The molecule has 1 aliphatic heterocycles. The van der Waals surface area contributed by atoms with E-state index < -0.39 is 0 Å². The van der Waals surface area contributed by atoms with Gasteiger partial charge >= 0.3 is 23.1 Å². The number of hydrogen-bond donors (Lipinski definition) is 0. The van der Waals surface area contributed by atoms with Gasteiger partial charge < -0.3 is 12.3 Å². The summed E-state index contributed by atoms with van der Waals surface area (Å²) in [4.78, 5) is 0. The minimum atomic E-state index is 0. The zero-order valence-corrected chi connectivity index (χ0v) is 12.0. The van der Waals surface area contributed by atoms with Crippen molar-refractivity contribution in [3.63, 3.8) is 0 Å². The molecule has 0 aliphatic carbocycles. The van der Waals surface area contributed by atoms with Crippen molar-refractivity contribution in [3.8, 4) is 5.75 Å². The van der Waals surface area contributed by atoms with E-state index in [0.29, 0.717) is 0 Å². The molecule has 82 valence electrons. The summed E-state index contributed by atoms with van der Waals surface area (Å²) in [5.41, 5.74) is 0. The van der Waals surface area contributed by atoms with Crippen LogP contribution in [0, 0.1) is 0 Å². The predicted octanol–water partition coefficient (Wildman–Crippen LogP) is 3.10. The minimum absolute atomic E-state index is 0. The number of para-hydroxylation sites is 1. The van der Waals surface area contributed by atoms with E-state index in [-0.39, 0.29) is 25.9 Å². The Balaban J connectivity index is -0.000000216. The van der Waals surface area contributed by atoms with Gasteiger partial charge in [0.05, 0.1) is 11.6 Å². The first kappa shape index (κ1) is 15.2. The molecule has 1 heterocycles. The predicted molar refractivity (Wildman–Crippen MR) is 68.7 cm³/mol. The summed E-state index contributed by atoms with van der Waals surface area (Å²) in [6.45, 7) is 2.00. The van der Waals surface area contributed by atoms with Gasteiger partial charge in [-0.25, -0.2) is 0 Å². The molecule has 0 radical (unpaired) electrons. The van der Waals surface area contributed by atoms with Crippen LogP contribution in [-0.4, -0.2) is 43.4 Å². The molecule has 0 N–H and O–H groups in total. The van der Waals surface area contributed by atoms with Crippen molar-refractivity contribution < 1.29 is 12.3 Å². The fraction of sp³-hybridized carbons (Fsp3) is 0.455. The molecule has 1 aromatic carbocycles. The van der Waals surface area contributed by atoms with Crippen molar-refractivity contribution in [2.24, 2.45) is 0 Å². The molecular weight excluding hydrogens is 268 g/mol. The Morgan fingerprint density at radius 1 is 1.27 bits per heavy atom. The summed E-state index contributed by atoms with van der Waals surface area (Å²) in [5.74, 6) is 0.873. The zero-order valence-electron chi connectivity index (χ0n) is 11.0. The summed E-state index contributed by atoms with van der Waals surface area (Å²) in [6.07, 6.45) is 2.56. The molecule has 1 aliphatic rings. The second-order valence-corrected chi connectivity index (χ2v) is 3.81. The van der Waals surface area contributed by atoms with Crippen LogP contribution >= 0.6 is 15.9 Å². The van der Waals surface area contributed by atoms with Gasteiger partial charge in [0, 0.05) is 13.2 Å². The van der Waals surface area contributed by atoms with E-state index in [1.165, 1.54) is 12.8 Å². The molecule has 2 rings (SSSR count). The second-order valence-electron chi connectivity index (χ2n) is 2.95. The van der Waals surface area contributed by atoms with Crippen molar-refractivity contribution in [2.75, 3.05) is 20.3 Å². The van der Waals surface area contributed by atoms with E-state index in [1.54, 1.807) is 7.11 Å². The largest absolute Gasteiger partial charge is 2.00 e. The van der Waals surface area contributed by atoms with Crippen LogP contribution in [0.3, 0.4) is 0 Å². The SMILES string of the molecule is C1CCOC1.COc1ccccc1Br.[H-].[H-].[Mg+2]. The molecule has 0 amide bonds. The van der Waals surface area contributed by atoms with E-state index in [4.69, 9.17) is 9.47 Å². The fourth-order valence-corrected chi connectivity index (χ4v) is 1.57. The summed E-state index contributed by atoms with van der Waals surface area (Å²) in [5, 5.41) is 0. The van der Waals surface area contributed by atoms with Gasteiger partial charge in [0.15, 0.2) is 0 Å². The topological polar surface area (TPSA) is 18.5 Å². The van der Waals surface area contributed by atoms with Crippen molar-refractivity contribution in [2.45, 2.75) is 12.8 Å². The van der Waals surface area contributed by atoms with E-state index in [9.17, 15) is 0 Å². The van der Waals surface area contributed by atoms with E-state index in [2.05, 4.69) is 15.9 Å². The van der Waals surface area contributed by atoms with Crippen LogP contribution in [0.25, 0.3) is 0 Å². The number of methoxy groups -OCH3 is 1. The monoisotopic (exact) mass is 284 g/mol. The minimum Gasteiger partial charge on any atom is -1.00 e. The Hall–Kier alpha value is 0.226. The van der Waals surface area contributed by atoms with Crippen LogP contribution in [0.4, 0.5) is 0 Å². The number of ether oxygens (including phenoxy) is 2. The number of rotatable bonds is 1. The van der Waals surface area contributed by atoms with Crippen LogP contribution < -0.4 is 4.74 Å². The quantitative estimate of drug-likeness (QED) is 0.738. The van der Waals surface area contributed by atoms with Crippen LogP contribution in [0.5, 0.6) is 5.75 Å². The molecule has 1 fully saturated rings. The van der Waals surface area contributed by atoms with Crippen molar-refractivity contribution in [1.82, 2.24) is 0 Å². The van der Waals surface area contributed by atoms with Crippen molar-refractivity contribution in [3.05, 3.63) is 28.7 Å². The Bertz CT molecular complexity index is 266. The molecule has 0 saturated carbocycles. The molecule has 0 atom stereocenters. The van der Waals surface area contributed by atoms with E-state index in [1.807, 2.05) is 24.3 Å². The molecule has 4 heteroatoms. The van der Waals surface area contributed by atoms with Crippen LogP contribution in [-0.2, 0) is 4.74 Å². The van der Waals surface area contributed by atoms with Crippen LogP contribution in [0.1, 0.15) is 15.7 Å². The molecule has 1 saturated heterocycles. The van der Waals surface area contributed by atoms with Crippen molar-refractivity contribution in [1.29, 1.82) is 0 Å².